The molecule has 4 rings (SSSR count). The number of nitrogens with zero attached hydrogens (tertiary/aromatic N) is 2. The summed E-state index contributed by atoms with van der Waals surface area (Å²) >= 11 is 0. The maximum absolute atomic E-state index is 13.6. The maximum atomic E-state index is 13.6. The molecule has 4 aromatic rings. The van der Waals surface area contributed by atoms with Crippen LogP contribution >= 0.6 is 0 Å². The van der Waals surface area contributed by atoms with Gasteiger partial charge in [-0.15, -0.1) is 0 Å². The van der Waals surface area contributed by atoms with Gasteiger partial charge >= 0.3 is 0 Å². The second-order valence-corrected chi connectivity index (χ2v) is 5.55. The quantitative estimate of drug-likeness (QED) is 0.499. The Bertz CT molecular complexity index is 903. The van der Waals surface area contributed by atoms with Crippen LogP contribution in [0.5, 0.6) is 0 Å². The van der Waals surface area contributed by atoms with Gasteiger partial charge in [-0.3, -0.25) is 0 Å². The first-order chi connectivity index (χ1) is 11.8. The average Bonchev–Trinajstić information content (AvgIpc) is 3.09. The highest BCUT2D eigenvalue weighted by Gasteiger charge is 2.13. The van der Waals surface area contributed by atoms with Crippen LogP contribution in [0.3, 0.4) is 0 Å². The minimum absolute atomic E-state index is 0.273. The molecule has 3 aromatic carbocycles. The fourth-order valence-electron chi connectivity index (χ4n) is 2.76. The molecule has 0 saturated carbocycles. The van der Waals surface area contributed by atoms with Gasteiger partial charge in [-0.25, -0.2) is 9.07 Å². The molecule has 0 fully saturated rings. The molecule has 0 spiro atoms. The first-order valence-electron chi connectivity index (χ1n) is 7.78. The summed E-state index contributed by atoms with van der Waals surface area (Å²) < 4.78 is 15.3. The number of rotatable bonds is 3. The third kappa shape index (κ3) is 2.72. The van der Waals surface area contributed by atoms with Crippen LogP contribution in [0.25, 0.3) is 28.1 Å². The first kappa shape index (κ1) is 14.4. The summed E-state index contributed by atoms with van der Waals surface area (Å²) in [7, 11) is 0. The Kier molecular flexibility index (Phi) is 3.67. The lowest BCUT2D eigenvalue weighted by molar-refractivity contribution is 0.625. The fourth-order valence-corrected chi connectivity index (χ4v) is 2.76. The van der Waals surface area contributed by atoms with Gasteiger partial charge in [0.15, 0.2) is 0 Å². The number of hydrogen-bond donors (Lipinski definition) is 0. The van der Waals surface area contributed by atoms with E-state index in [1.165, 1.54) is 12.1 Å². The molecule has 0 saturated heterocycles. The molecule has 24 heavy (non-hydrogen) atoms. The molecular weight excluding hydrogens is 299 g/mol. The summed E-state index contributed by atoms with van der Waals surface area (Å²) in [4.78, 5) is 0. The van der Waals surface area contributed by atoms with Crippen LogP contribution in [-0.2, 0) is 0 Å². The Labute approximate surface area is 139 Å². The van der Waals surface area contributed by atoms with E-state index in [0.717, 1.165) is 22.4 Å². The van der Waals surface area contributed by atoms with Gasteiger partial charge in [0.2, 0.25) is 0 Å². The van der Waals surface area contributed by atoms with Gasteiger partial charge in [-0.2, -0.15) is 5.10 Å². The smallest absolute Gasteiger partial charge is 0.125 e. The van der Waals surface area contributed by atoms with E-state index in [0.29, 0.717) is 5.69 Å². The number of aromatic nitrogens is 2. The van der Waals surface area contributed by atoms with E-state index in [-0.39, 0.29) is 5.82 Å². The zero-order valence-electron chi connectivity index (χ0n) is 12.9. The summed E-state index contributed by atoms with van der Waals surface area (Å²) in [6, 6.07) is 26.6. The van der Waals surface area contributed by atoms with Crippen LogP contribution in [0.4, 0.5) is 4.39 Å². The van der Waals surface area contributed by atoms with Crippen LogP contribution in [0, 0.1) is 5.82 Å². The lowest BCUT2D eigenvalue weighted by Gasteiger charge is -2.02. The van der Waals surface area contributed by atoms with Crippen LogP contribution < -0.4 is 0 Å². The maximum Gasteiger partial charge on any atom is 0.125 e. The minimum Gasteiger partial charge on any atom is -0.240 e. The zero-order valence-corrected chi connectivity index (χ0v) is 12.9. The summed E-state index contributed by atoms with van der Waals surface area (Å²) in [5, 5.41) is 4.72. The number of halogens is 1. The molecule has 2 nitrogen and oxygen atoms in total. The van der Waals surface area contributed by atoms with Crippen LogP contribution in [0.2, 0.25) is 0 Å². The lowest BCUT2D eigenvalue weighted by Crippen LogP contribution is -1.95. The molecule has 0 aliphatic rings. The Hall–Kier alpha value is -3.20. The second kappa shape index (κ2) is 6.13. The van der Waals surface area contributed by atoms with Crippen LogP contribution in [0.1, 0.15) is 0 Å². The van der Waals surface area contributed by atoms with Crippen LogP contribution in [-0.4, -0.2) is 9.78 Å². The van der Waals surface area contributed by atoms with E-state index < -0.39 is 0 Å². The summed E-state index contributed by atoms with van der Waals surface area (Å²) in [6.07, 6.45) is 1.95. The van der Waals surface area contributed by atoms with Gasteiger partial charge in [0.1, 0.15) is 11.5 Å². The Balaban J connectivity index is 1.91. The summed E-state index contributed by atoms with van der Waals surface area (Å²) in [6.45, 7) is 0. The third-order valence-electron chi connectivity index (χ3n) is 3.92. The number of benzene rings is 3. The van der Waals surface area contributed by atoms with Gasteiger partial charge in [0.25, 0.3) is 0 Å². The Morgan fingerprint density at radius 2 is 1.38 bits per heavy atom. The largest absolute Gasteiger partial charge is 0.240 e. The molecular formula is C21H15FN2. The summed E-state index contributed by atoms with van der Waals surface area (Å²) in [5.41, 5.74) is 4.72. The molecule has 1 heterocycles. The lowest BCUT2D eigenvalue weighted by atomic mass is 10.0. The van der Waals surface area contributed by atoms with Gasteiger partial charge in [0, 0.05) is 17.3 Å². The third-order valence-corrected chi connectivity index (χ3v) is 3.92. The van der Waals surface area contributed by atoms with E-state index in [1.807, 2.05) is 60.8 Å². The van der Waals surface area contributed by atoms with Crippen molar-refractivity contribution in [2.75, 3.05) is 0 Å². The van der Waals surface area contributed by atoms with Crippen molar-refractivity contribution in [2.45, 2.75) is 0 Å². The molecule has 1 aromatic heterocycles. The van der Waals surface area contributed by atoms with E-state index in [9.17, 15) is 4.39 Å². The molecule has 0 aliphatic heterocycles. The second-order valence-electron chi connectivity index (χ2n) is 5.55. The van der Waals surface area contributed by atoms with Crippen molar-refractivity contribution in [1.29, 1.82) is 0 Å². The summed E-state index contributed by atoms with van der Waals surface area (Å²) in [5.74, 6) is -0.273. The van der Waals surface area contributed by atoms with Gasteiger partial charge in [-0.05, 0) is 23.8 Å². The van der Waals surface area contributed by atoms with Crippen molar-refractivity contribution in [3.63, 3.8) is 0 Å². The number of hydrogen-bond acceptors (Lipinski definition) is 1. The highest BCUT2D eigenvalue weighted by atomic mass is 19.1. The molecule has 0 radical (unpaired) electrons. The van der Waals surface area contributed by atoms with Crippen molar-refractivity contribution in [3.05, 3.63) is 96.9 Å². The molecule has 0 N–H and O–H groups in total. The molecule has 3 heteroatoms. The van der Waals surface area contributed by atoms with E-state index in [4.69, 9.17) is 5.10 Å². The molecule has 0 bridgehead atoms. The SMILES string of the molecule is Fc1cccc(-n2cc(-c3ccccc3)c(-c3ccccc3)n2)c1. The molecule has 0 amide bonds. The van der Waals surface area contributed by atoms with Crippen molar-refractivity contribution >= 4 is 0 Å². The molecule has 116 valence electrons. The standard InChI is InChI=1S/C21H15FN2/c22-18-12-7-13-19(14-18)24-15-20(16-8-3-1-4-9-16)21(23-24)17-10-5-2-6-11-17/h1-15H. The normalized spacial score (nSPS) is 10.7. The average molecular weight is 314 g/mol. The monoisotopic (exact) mass is 314 g/mol. The van der Waals surface area contributed by atoms with Gasteiger partial charge in [0.05, 0.1) is 5.69 Å². The first-order valence-corrected chi connectivity index (χ1v) is 7.78. The Morgan fingerprint density at radius 3 is 2.04 bits per heavy atom. The van der Waals surface area contributed by atoms with Crippen molar-refractivity contribution in [3.8, 4) is 28.1 Å². The molecule has 0 unspecified atom stereocenters. The minimum atomic E-state index is -0.273. The van der Waals surface area contributed by atoms with E-state index in [2.05, 4.69) is 12.1 Å². The van der Waals surface area contributed by atoms with Crippen molar-refractivity contribution in [1.82, 2.24) is 9.78 Å². The van der Waals surface area contributed by atoms with Crippen molar-refractivity contribution in [2.24, 2.45) is 0 Å². The fraction of sp³-hybridized carbons (Fsp3) is 0. The Morgan fingerprint density at radius 1 is 0.708 bits per heavy atom. The zero-order chi connectivity index (χ0) is 16.4. The van der Waals surface area contributed by atoms with Gasteiger partial charge in [-0.1, -0.05) is 66.7 Å². The van der Waals surface area contributed by atoms with E-state index >= 15 is 0 Å². The predicted molar refractivity (Wildman–Crippen MR) is 94.4 cm³/mol. The van der Waals surface area contributed by atoms with Crippen LogP contribution in [0.15, 0.2) is 91.1 Å². The van der Waals surface area contributed by atoms with Gasteiger partial charge < -0.3 is 0 Å². The van der Waals surface area contributed by atoms with Crippen molar-refractivity contribution < 1.29 is 4.39 Å². The predicted octanol–water partition coefficient (Wildman–Crippen LogP) is 5.35. The topological polar surface area (TPSA) is 17.8 Å². The molecule has 0 aliphatic carbocycles. The van der Waals surface area contributed by atoms with E-state index in [1.54, 1.807) is 10.7 Å². The molecule has 0 atom stereocenters. The highest BCUT2D eigenvalue weighted by molar-refractivity contribution is 5.80. The highest BCUT2D eigenvalue weighted by Crippen LogP contribution is 2.31.